The summed E-state index contributed by atoms with van der Waals surface area (Å²) in [7, 11) is 0. The third-order valence-electron chi connectivity index (χ3n) is 4.49. The molecule has 0 spiro atoms. The second kappa shape index (κ2) is 8.95. The summed E-state index contributed by atoms with van der Waals surface area (Å²) in [6.07, 6.45) is 1.98. The normalized spacial score (nSPS) is 11.3. The largest absolute Gasteiger partial charge is 0.340 e. The molecular formula is C24H25N3. The highest BCUT2D eigenvalue weighted by atomic mass is 15.0. The van der Waals surface area contributed by atoms with Crippen LogP contribution in [0.1, 0.15) is 30.5 Å². The molecule has 0 bridgehead atoms. The summed E-state index contributed by atoms with van der Waals surface area (Å²) in [5.41, 5.74) is 6.21. The Balaban J connectivity index is 2.07. The van der Waals surface area contributed by atoms with E-state index in [0.29, 0.717) is 0 Å². The Morgan fingerprint density at radius 2 is 1.48 bits per heavy atom. The van der Waals surface area contributed by atoms with Crippen molar-refractivity contribution in [1.82, 2.24) is 0 Å². The van der Waals surface area contributed by atoms with Gasteiger partial charge in [-0.05, 0) is 61.0 Å². The molecule has 0 radical (unpaired) electrons. The van der Waals surface area contributed by atoms with Crippen LogP contribution in [0.5, 0.6) is 0 Å². The second-order valence-electron chi connectivity index (χ2n) is 6.34. The first-order chi connectivity index (χ1) is 13.2. The minimum atomic E-state index is 0.769. The zero-order valence-corrected chi connectivity index (χ0v) is 15.9. The van der Waals surface area contributed by atoms with E-state index in [0.717, 1.165) is 41.3 Å². The molecule has 0 atom stereocenters. The molecule has 136 valence electrons. The monoisotopic (exact) mass is 355 g/mol. The molecular weight excluding hydrogens is 330 g/mol. The van der Waals surface area contributed by atoms with E-state index in [9.17, 15) is 0 Å². The predicted octanol–water partition coefficient (Wildman–Crippen LogP) is 6.33. The van der Waals surface area contributed by atoms with Gasteiger partial charge in [0.25, 0.3) is 0 Å². The lowest BCUT2D eigenvalue weighted by atomic mass is 10.1. The van der Waals surface area contributed by atoms with Crippen LogP contribution in [0.25, 0.3) is 0 Å². The first-order valence-electron chi connectivity index (χ1n) is 9.33. The molecule has 3 heteroatoms. The molecule has 3 nitrogen and oxygen atoms in total. The topological polar surface area (TPSA) is 36.8 Å². The van der Waals surface area contributed by atoms with Gasteiger partial charge in [-0.15, -0.1) is 0 Å². The Morgan fingerprint density at radius 1 is 0.815 bits per heavy atom. The third kappa shape index (κ3) is 4.70. The Morgan fingerprint density at radius 3 is 2.19 bits per heavy atom. The lowest BCUT2D eigenvalue weighted by Gasteiger charge is -2.13. The fourth-order valence-corrected chi connectivity index (χ4v) is 2.92. The number of aryl methyl sites for hydroxylation is 2. The summed E-state index contributed by atoms with van der Waals surface area (Å²) < 4.78 is 0. The highest BCUT2D eigenvalue weighted by molar-refractivity contribution is 6.10. The molecule has 3 aromatic rings. The average Bonchev–Trinajstić information content (AvgIpc) is 2.73. The van der Waals surface area contributed by atoms with E-state index in [4.69, 9.17) is 4.99 Å². The number of benzene rings is 3. The molecule has 0 aliphatic carbocycles. The van der Waals surface area contributed by atoms with Gasteiger partial charge in [0, 0.05) is 11.3 Å². The van der Waals surface area contributed by atoms with Gasteiger partial charge in [-0.3, -0.25) is 4.99 Å². The number of nitrogens with one attached hydrogen (secondary N) is 1. The van der Waals surface area contributed by atoms with Crippen LogP contribution in [0.2, 0.25) is 0 Å². The van der Waals surface area contributed by atoms with Gasteiger partial charge in [0.15, 0.2) is 0 Å². The van der Waals surface area contributed by atoms with Crippen LogP contribution in [0.3, 0.4) is 0 Å². The van der Waals surface area contributed by atoms with Crippen molar-refractivity contribution in [2.75, 3.05) is 5.32 Å². The minimum absolute atomic E-state index is 0.769. The number of nitrogens with zero attached hydrogens (tertiary/aromatic N) is 2. The van der Waals surface area contributed by atoms with Crippen molar-refractivity contribution >= 4 is 29.6 Å². The van der Waals surface area contributed by atoms with E-state index < -0.39 is 0 Å². The summed E-state index contributed by atoms with van der Waals surface area (Å²) in [5, 5.41) is 3.51. The van der Waals surface area contributed by atoms with Crippen LogP contribution in [-0.4, -0.2) is 12.6 Å². The summed E-state index contributed by atoms with van der Waals surface area (Å²) in [6, 6.07) is 24.7. The average molecular weight is 355 g/mol. The van der Waals surface area contributed by atoms with Gasteiger partial charge < -0.3 is 5.32 Å². The number of para-hydroxylation sites is 2. The van der Waals surface area contributed by atoms with Gasteiger partial charge in [0.05, 0.1) is 11.4 Å². The number of hydrogen-bond acceptors (Lipinski definition) is 2. The van der Waals surface area contributed by atoms with Crippen molar-refractivity contribution < 1.29 is 0 Å². The van der Waals surface area contributed by atoms with Crippen molar-refractivity contribution in [1.29, 1.82) is 0 Å². The molecule has 27 heavy (non-hydrogen) atoms. The molecule has 0 fully saturated rings. The maximum Gasteiger partial charge on any atom is 0.138 e. The zero-order valence-electron chi connectivity index (χ0n) is 15.9. The van der Waals surface area contributed by atoms with E-state index in [-0.39, 0.29) is 0 Å². The molecule has 0 unspecified atom stereocenters. The molecule has 0 saturated carbocycles. The lowest BCUT2D eigenvalue weighted by Crippen LogP contribution is -2.14. The molecule has 3 rings (SSSR count). The van der Waals surface area contributed by atoms with Crippen molar-refractivity contribution in [2.45, 2.75) is 26.7 Å². The maximum atomic E-state index is 4.90. The Hall–Kier alpha value is -3.20. The van der Waals surface area contributed by atoms with Crippen molar-refractivity contribution in [3.8, 4) is 0 Å². The second-order valence-corrected chi connectivity index (χ2v) is 6.34. The molecule has 0 saturated heterocycles. The fourth-order valence-electron chi connectivity index (χ4n) is 2.92. The van der Waals surface area contributed by atoms with Gasteiger partial charge in [-0.2, -0.15) is 0 Å². The molecule has 0 aromatic heterocycles. The number of anilines is 1. The summed E-state index contributed by atoms with van der Waals surface area (Å²) in [4.78, 5) is 9.00. The van der Waals surface area contributed by atoms with E-state index in [1.165, 1.54) is 11.1 Å². The van der Waals surface area contributed by atoms with Crippen LogP contribution in [-0.2, 0) is 12.8 Å². The van der Waals surface area contributed by atoms with Gasteiger partial charge in [0.2, 0.25) is 0 Å². The molecule has 0 heterocycles. The van der Waals surface area contributed by atoms with Gasteiger partial charge >= 0.3 is 0 Å². The first kappa shape index (κ1) is 18.6. The van der Waals surface area contributed by atoms with Crippen molar-refractivity contribution in [2.24, 2.45) is 9.98 Å². The van der Waals surface area contributed by atoms with E-state index in [1.54, 1.807) is 0 Å². The summed E-state index contributed by atoms with van der Waals surface area (Å²) in [6.45, 7) is 7.98. The highest BCUT2D eigenvalue weighted by Crippen LogP contribution is 2.28. The van der Waals surface area contributed by atoms with Crippen LogP contribution < -0.4 is 5.32 Å². The maximum absolute atomic E-state index is 4.90. The smallest absolute Gasteiger partial charge is 0.138 e. The van der Waals surface area contributed by atoms with Crippen LogP contribution in [0, 0.1) is 0 Å². The molecule has 0 amide bonds. The SMILES string of the molecule is C=Nc1ccccc1N=C(Nc1cccc(CC)c1)c1cccc(CC)c1. The summed E-state index contributed by atoms with van der Waals surface area (Å²) >= 11 is 0. The first-order valence-corrected chi connectivity index (χ1v) is 9.33. The highest BCUT2D eigenvalue weighted by Gasteiger charge is 2.08. The number of aliphatic imine (C=N–C) groups is 2. The van der Waals surface area contributed by atoms with E-state index in [1.807, 2.05) is 24.3 Å². The quantitative estimate of drug-likeness (QED) is 0.407. The predicted molar refractivity (Wildman–Crippen MR) is 117 cm³/mol. The van der Waals surface area contributed by atoms with Crippen molar-refractivity contribution in [3.05, 3.63) is 89.5 Å². The van der Waals surface area contributed by atoms with E-state index in [2.05, 4.69) is 79.4 Å². The Kier molecular flexibility index (Phi) is 6.16. The number of hydrogen-bond donors (Lipinski definition) is 1. The Bertz CT molecular complexity index is 957. The van der Waals surface area contributed by atoms with Crippen LogP contribution >= 0.6 is 0 Å². The summed E-state index contributed by atoms with van der Waals surface area (Å²) in [5.74, 6) is 0.801. The van der Waals surface area contributed by atoms with E-state index >= 15 is 0 Å². The molecule has 0 aliphatic heterocycles. The minimum Gasteiger partial charge on any atom is -0.340 e. The standard InChI is InChI=1S/C24H25N3/c1-4-18-10-8-12-20(16-18)24(26-21-13-9-11-19(5-2)17-21)27-23-15-7-6-14-22(23)25-3/h6-17H,3-5H2,1-2H3,(H,26,27). The molecule has 3 aromatic carbocycles. The van der Waals surface area contributed by atoms with Crippen LogP contribution in [0.4, 0.5) is 17.1 Å². The van der Waals surface area contributed by atoms with Gasteiger partial charge in [0.1, 0.15) is 5.84 Å². The number of amidine groups is 1. The molecule has 0 aliphatic rings. The number of rotatable bonds is 6. The zero-order chi connectivity index (χ0) is 19.1. The molecule has 1 N–H and O–H groups in total. The Labute approximate surface area is 161 Å². The lowest BCUT2D eigenvalue weighted by molar-refractivity contribution is 1.14. The van der Waals surface area contributed by atoms with Crippen molar-refractivity contribution in [3.63, 3.8) is 0 Å². The van der Waals surface area contributed by atoms with Gasteiger partial charge in [-0.25, -0.2) is 4.99 Å². The van der Waals surface area contributed by atoms with Gasteiger partial charge in [-0.1, -0.05) is 56.3 Å². The third-order valence-corrected chi connectivity index (χ3v) is 4.49. The fraction of sp³-hybridized carbons (Fsp3) is 0.167. The van der Waals surface area contributed by atoms with Crippen LogP contribution in [0.15, 0.2) is 82.8 Å².